The maximum Gasteiger partial charge on any atom is 0.123 e. The van der Waals surface area contributed by atoms with E-state index in [2.05, 4.69) is 85.0 Å². The third-order valence-corrected chi connectivity index (χ3v) is 11.8. The fourth-order valence-electron chi connectivity index (χ4n) is 10.2. The molecule has 202 valence electrons. The van der Waals surface area contributed by atoms with Gasteiger partial charge in [-0.15, -0.1) is 0 Å². The molecule has 6 aliphatic carbocycles. The number of benzene rings is 1. The van der Waals surface area contributed by atoms with Crippen molar-refractivity contribution in [2.24, 2.45) is 47.3 Å². The summed E-state index contributed by atoms with van der Waals surface area (Å²) < 4.78 is 6.63. The molecule has 1 nitrogen and oxygen atoms in total. The molecule has 0 saturated heterocycles. The molecule has 0 aromatic heterocycles. The average Bonchev–Trinajstić information content (AvgIpc) is 3.38. The summed E-state index contributed by atoms with van der Waals surface area (Å²) in [6.07, 6.45) is 38.5. The van der Waals surface area contributed by atoms with E-state index in [1.54, 1.807) is 11.1 Å². The molecule has 2 saturated carbocycles. The highest BCUT2D eigenvalue weighted by molar-refractivity contribution is 5.42. The van der Waals surface area contributed by atoms with Gasteiger partial charge in [0.25, 0.3) is 0 Å². The zero-order valence-electron chi connectivity index (χ0n) is 23.3. The van der Waals surface area contributed by atoms with Crippen LogP contribution in [0.2, 0.25) is 0 Å². The van der Waals surface area contributed by atoms with Crippen LogP contribution in [0.25, 0.3) is 0 Å². The minimum Gasteiger partial charge on any atom is -0.489 e. The molecule has 1 aliphatic heterocycles. The molecule has 0 spiro atoms. The molecule has 1 heterocycles. The third kappa shape index (κ3) is 4.18. The van der Waals surface area contributed by atoms with Crippen LogP contribution in [0.1, 0.15) is 75.7 Å². The van der Waals surface area contributed by atoms with Crippen LogP contribution in [0.3, 0.4) is 0 Å². The van der Waals surface area contributed by atoms with Gasteiger partial charge in [0.1, 0.15) is 11.9 Å². The lowest BCUT2D eigenvalue weighted by Crippen LogP contribution is -2.49. The Morgan fingerprint density at radius 3 is 2.69 bits per heavy atom. The van der Waals surface area contributed by atoms with Gasteiger partial charge in [0.2, 0.25) is 0 Å². The van der Waals surface area contributed by atoms with E-state index >= 15 is 0 Å². The first-order chi connectivity index (χ1) is 19.3. The first-order valence-corrected chi connectivity index (χ1v) is 16.2. The van der Waals surface area contributed by atoms with Crippen LogP contribution in [-0.2, 0) is 0 Å². The summed E-state index contributed by atoms with van der Waals surface area (Å²) in [6.45, 7) is 0. The molecule has 1 aromatic rings. The number of hydrogen-bond acceptors (Lipinski definition) is 1. The Balaban J connectivity index is 1.10. The Labute approximate surface area is 235 Å². The predicted molar refractivity (Wildman–Crippen MR) is 160 cm³/mol. The molecule has 1 aromatic carbocycles. The normalized spacial score (nSPS) is 41.9. The van der Waals surface area contributed by atoms with E-state index in [9.17, 15) is 0 Å². The zero-order chi connectivity index (χ0) is 25.8. The minimum atomic E-state index is 0.390. The van der Waals surface area contributed by atoms with Gasteiger partial charge in [0, 0.05) is 11.5 Å². The van der Waals surface area contributed by atoms with Crippen molar-refractivity contribution in [1.29, 1.82) is 0 Å². The summed E-state index contributed by atoms with van der Waals surface area (Å²) >= 11 is 0. The Morgan fingerprint density at radius 2 is 1.74 bits per heavy atom. The zero-order valence-corrected chi connectivity index (χ0v) is 23.3. The molecule has 2 fully saturated rings. The van der Waals surface area contributed by atoms with Gasteiger partial charge in [0.05, 0.1) is 0 Å². The van der Waals surface area contributed by atoms with Crippen LogP contribution in [0.5, 0.6) is 5.75 Å². The fraction of sp³-hybridized carbons (Fsp3) is 0.526. The average molecular weight is 517 g/mol. The highest BCUT2D eigenvalue weighted by Gasteiger charge is 2.53. The second-order valence-electron chi connectivity index (χ2n) is 13.6. The van der Waals surface area contributed by atoms with Crippen LogP contribution in [0, 0.1) is 47.3 Å². The quantitative estimate of drug-likeness (QED) is 0.363. The van der Waals surface area contributed by atoms with Gasteiger partial charge in [-0.3, -0.25) is 0 Å². The molecule has 8 rings (SSSR count). The molecule has 7 aliphatic rings. The predicted octanol–water partition coefficient (Wildman–Crippen LogP) is 9.52. The largest absolute Gasteiger partial charge is 0.489 e. The second kappa shape index (κ2) is 10.1. The highest BCUT2D eigenvalue weighted by Crippen LogP contribution is 2.60. The molecule has 0 N–H and O–H groups in total. The van der Waals surface area contributed by atoms with E-state index in [1.165, 1.54) is 69.8 Å². The molecule has 0 radical (unpaired) electrons. The van der Waals surface area contributed by atoms with Crippen LogP contribution in [0.15, 0.2) is 96.2 Å². The number of ether oxygens (including phenoxy) is 1. The van der Waals surface area contributed by atoms with Gasteiger partial charge in [-0.05, 0) is 123 Å². The van der Waals surface area contributed by atoms with Crippen molar-refractivity contribution in [3.05, 3.63) is 102 Å². The second-order valence-corrected chi connectivity index (χ2v) is 13.6. The maximum atomic E-state index is 6.63. The summed E-state index contributed by atoms with van der Waals surface area (Å²) in [5.74, 6) is 7.64. The van der Waals surface area contributed by atoms with E-state index in [-0.39, 0.29) is 0 Å². The van der Waals surface area contributed by atoms with Crippen molar-refractivity contribution in [2.75, 3.05) is 0 Å². The lowest BCUT2D eigenvalue weighted by atomic mass is 9.49. The lowest BCUT2D eigenvalue weighted by molar-refractivity contribution is 0.00608. The molecule has 39 heavy (non-hydrogen) atoms. The maximum absolute atomic E-state index is 6.63. The lowest BCUT2D eigenvalue weighted by Gasteiger charge is -2.55. The van der Waals surface area contributed by atoms with Crippen LogP contribution < -0.4 is 4.74 Å². The topological polar surface area (TPSA) is 9.23 Å². The molecule has 0 amide bonds. The Kier molecular flexibility index (Phi) is 6.31. The first-order valence-electron chi connectivity index (χ1n) is 16.2. The molecular formula is C38H44O. The van der Waals surface area contributed by atoms with Crippen LogP contribution in [-0.4, -0.2) is 6.10 Å². The highest BCUT2D eigenvalue weighted by atomic mass is 16.5. The Bertz CT molecular complexity index is 1270. The summed E-state index contributed by atoms with van der Waals surface area (Å²) in [5, 5.41) is 0. The monoisotopic (exact) mass is 516 g/mol. The fourth-order valence-corrected chi connectivity index (χ4v) is 10.2. The summed E-state index contributed by atoms with van der Waals surface area (Å²) in [7, 11) is 0. The molecule has 0 bridgehead atoms. The van der Waals surface area contributed by atoms with E-state index in [0.717, 1.165) is 35.3 Å². The number of rotatable bonds is 3. The summed E-state index contributed by atoms with van der Waals surface area (Å²) in [5.41, 5.74) is 4.91. The third-order valence-electron chi connectivity index (χ3n) is 11.8. The summed E-state index contributed by atoms with van der Waals surface area (Å²) in [6, 6.07) is 8.87. The number of para-hydroxylation sites is 1. The van der Waals surface area contributed by atoms with Gasteiger partial charge in [0.15, 0.2) is 0 Å². The smallest absolute Gasteiger partial charge is 0.123 e. The van der Waals surface area contributed by atoms with Crippen molar-refractivity contribution in [1.82, 2.24) is 0 Å². The van der Waals surface area contributed by atoms with Crippen molar-refractivity contribution in [2.45, 2.75) is 76.2 Å². The number of fused-ring (bicyclic) bond motifs is 5. The van der Waals surface area contributed by atoms with Crippen molar-refractivity contribution >= 4 is 0 Å². The number of hydrogen-bond donors (Lipinski definition) is 0. The van der Waals surface area contributed by atoms with E-state index in [1.807, 2.05) is 0 Å². The van der Waals surface area contributed by atoms with Crippen LogP contribution in [0.4, 0.5) is 0 Å². The van der Waals surface area contributed by atoms with Gasteiger partial charge in [-0.1, -0.05) is 84.5 Å². The number of allylic oxidation sites excluding steroid dienone is 12. The van der Waals surface area contributed by atoms with Crippen molar-refractivity contribution in [3.63, 3.8) is 0 Å². The van der Waals surface area contributed by atoms with Crippen molar-refractivity contribution < 1.29 is 4.74 Å². The standard InChI is InChI=1S/C38H44O/c1-2-11-25(12-3-1)26-13-10-14-27(23-26)37-31-16-4-6-18-33(31)38(34-19-7-5-17-32(34)37)28-21-22-30-29-15-8-9-20-35(29)39-36(30)24-28/h1-2,4-6,8-10,13,15-17,20,23,25,27-28,30,32-34,36-38H,3,7,11-12,14,18-19,21-22,24H2. The first kappa shape index (κ1) is 24.3. The minimum absolute atomic E-state index is 0.390. The molecular weight excluding hydrogens is 472 g/mol. The Hall–Kier alpha value is -2.54. The van der Waals surface area contributed by atoms with Gasteiger partial charge >= 0.3 is 0 Å². The molecule has 1 heteroatoms. The van der Waals surface area contributed by atoms with Crippen LogP contribution >= 0.6 is 0 Å². The Morgan fingerprint density at radius 1 is 0.795 bits per heavy atom. The van der Waals surface area contributed by atoms with Gasteiger partial charge in [-0.2, -0.15) is 0 Å². The van der Waals surface area contributed by atoms with Crippen molar-refractivity contribution in [3.8, 4) is 5.75 Å². The molecule has 10 atom stereocenters. The summed E-state index contributed by atoms with van der Waals surface area (Å²) in [4.78, 5) is 0. The van der Waals surface area contributed by atoms with E-state index in [0.29, 0.717) is 29.8 Å². The van der Waals surface area contributed by atoms with E-state index in [4.69, 9.17) is 4.74 Å². The van der Waals surface area contributed by atoms with Gasteiger partial charge in [-0.25, -0.2) is 0 Å². The van der Waals surface area contributed by atoms with E-state index < -0.39 is 0 Å². The van der Waals surface area contributed by atoms with Gasteiger partial charge < -0.3 is 4.74 Å². The SMILES string of the molecule is C1=CCC2C(=C1)C(C1C=C(C3CC=CCC3)C=CC1)C1C=CCCC1C2C1CCC2c3ccccc3OC2C1. The molecule has 10 unspecified atom stereocenters.